The van der Waals surface area contributed by atoms with Gasteiger partial charge in [0.2, 0.25) is 0 Å². The molecule has 0 amide bonds. The van der Waals surface area contributed by atoms with Gasteiger partial charge in [-0.05, 0) is 25.0 Å². The third kappa shape index (κ3) is 2.24. The Bertz CT molecular complexity index is 361. The molecule has 2 rings (SSSR count). The number of benzene rings is 1. The van der Waals surface area contributed by atoms with E-state index < -0.39 is 0 Å². The second-order valence-electron chi connectivity index (χ2n) is 3.65. The number of hydrogen-bond donors (Lipinski definition) is 0. The molecule has 1 saturated heterocycles. The number of hydrogen-bond acceptors (Lipinski definition) is 2. The van der Waals surface area contributed by atoms with Crippen molar-refractivity contribution in [3.8, 4) is 18.1 Å². The first-order valence-corrected chi connectivity index (χ1v) is 5.32. The minimum absolute atomic E-state index is 0.338. The van der Waals surface area contributed by atoms with E-state index in [0.717, 1.165) is 18.8 Å². The molecular weight excluding hydrogens is 186 g/mol. The molecule has 2 nitrogen and oxygen atoms in total. The standard InChI is InChI=1S/C13H15NO/c1-2-11-15-13-8-4-3-7-12(13)14-9-5-6-10-14/h1,3-4,7-8H,5-6,9-11H2. The Morgan fingerprint density at radius 2 is 2.00 bits per heavy atom. The maximum absolute atomic E-state index is 5.52. The molecule has 1 aliphatic heterocycles. The molecule has 0 N–H and O–H groups in total. The van der Waals surface area contributed by atoms with Crippen molar-refractivity contribution < 1.29 is 4.74 Å². The summed E-state index contributed by atoms with van der Waals surface area (Å²) in [5, 5.41) is 0. The van der Waals surface area contributed by atoms with Crippen LogP contribution in [0.5, 0.6) is 5.75 Å². The molecule has 1 aliphatic rings. The van der Waals surface area contributed by atoms with Crippen molar-refractivity contribution in [2.75, 3.05) is 24.6 Å². The van der Waals surface area contributed by atoms with Gasteiger partial charge in [-0.25, -0.2) is 0 Å². The summed E-state index contributed by atoms with van der Waals surface area (Å²) in [6, 6.07) is 8.09. The summed E-state index contributed by atoms with van der Waals surface area (Å²) in [5.74, 6) is 3.39. The number of anilines is 1. The van der Waals surface area contributed by atoms with Gasteiger partial charge in [0.1, 0.15) is 12.4 Å². The lowest BCUT2D eigenvalue weighted by Crippen LogP contribution is -2.18. The largest absolute Gasteiger partial charge is 0.479 e. The third-order valence-corrected chi connectivity index (χ3v) is 2.62. The molecule has 2 heteroatoms. The summed E-state index contributed by atoms with van der Waals surface area (Å²) < 4.78 is 5.52. The van der Waals surface area contributed by atoms with Crippen LogP contribution in [0.3, 0.4) is 0 Å². The molecule has 78 valence electrons. The lowest BCUT2D eigenvalue weighted by molar-refractivity contribution is 0.370. The number of nitrogens with zero attached hydrogens (tertiary/aromatic N) is 1. The zero-order chi connectivity index (χ0) is 10.5. The van der Waals surface area contributed by atoms with E-state index in [1.54, 1.807) is 0 Å². The third-order valence-electron chi connectivity index (χ3n) is 2.62. The zero-order valence-electron chi connectivity index (χ0n) is 8.78. The predicted octanol–water partition coefficient (Wildman–Crippen LogP) is 2.30. The van der Waals surface area contributed by atoms with Crippen LogP contribution in [0.15, 0.2) is 24.3 Å². The fourth-order valence-corrected chi connectivity index (χ4v) is 1.92. The fourth-order valence-electron chi connectivity index (χ4n) is 1.92. The molecule has 0 aliphatic carbocycles. The average molecular weight is 201 g/mol. The molecule has 0 saturated carbocycles. The van der Waals surface area contributed by atoms with E-state index >= 15 is 0 Å². The maximum Gasteiger partial charge on any atom is 0.148 e. The molecule has 0 radical (unpaired) electrons. The molecule has 0 atom stereocenters. The molecule has 1 aromatic rings. The average Bonchev–Trinajstić information content (AvgIpc) is 2.80. The van der Waals surface area contributed by atoms with Crippen LogP contribution in [0.25, 0.3) is 0 Å². The first kappa shape index (κ1) is 9.92. The molecule has 0 aromatic heterocycles. The Hall–Kier alpha value is -1.62. The molecule has 1 aromatic carbocycles. The first-order valence-electron chi connectivity index (χ1n) is 5.32. The second kappa shape index (κ2) is 4.75. The highest BCUT2D eigenvalue weighted by molar-refractivity contribution is 5.58. The Balaban J connectivity index is 2.17. The topological polar surface area (TPSA) is 12.5 Å². The minimum atomic E-state index is 0.338. The Morgan fingerprint density at radius 3 is 2.73 bits per heavy atom. The highest BCUT2D eigenvalue weighted by Gasteiger charge is 2.15. The van der Waals surface area contributed by atoms with Gasteiger partial charge < -0.3 is 9.64 Å². The monoisotopic (exact) mass is 201 g/mol. The summed E-state index contributed by atoms with van der Waals surface area (Å²) in [4.78, 5) is 2.35. The number of ether oxygens (including phenoxy) is 1. The minimum Gasteiger partial charge on any atom is -0.479 e. The SMILES string of the molecule is C#CCOc1ccccc1N1CCCC1. The summed E-state index contributed by atoms with van der Waals surface area (Å²) in [6.07, 6.45) is 7.73. The molecule has 1 fully saturated rings. The second-order valence-corrected chi connectivity index (χ2v) is 3.65. The van der Waals surface area contributed by atoms with Crippen LogP contribution < -0.4 is 9.64 Å². The summed E-state index contributed by atoms with van der Waals surface area (Å²) in [7, 11) is 0. The van der Waals surface area contributed by atoms with E-state index in [9.17, 15) is 0 Å². The van der Waals surface area contributed by atoms with Crippen LogP contribution in [0.4, 0.5) is 5.69 Å². The van der Waals surface area contributed by atoms with E-state index in [4.69, 9.17) is 11.2 Å². The molecular formula is C13H15NO. The van der Waals surface area contributed by atoms with Crippen LogP contribution in [0, 0.1) is 12.3 Å². The first-order chi connectivity index (χ1) is 7.42. The van der Waals surface area contributed by atoms with Crippen molar-refractivity contribution in [1.82, 2.24) is 0 Å². The lowest BCUT2D eigenvalue weighted by Gasteiger charge is -2.20. The van der Waals surface area contributed by atoms with Crippen LogP contribution in [0.2, 0.25) is 0 Å². The van der Waals surface area contributed by atoms with Gasteiger partial charge in [0.05, 0.1) is 5.69 Å². The van der Waals surface area contributed by atoms with Gasteiger partial charge in [-0.15, -0.1) is 6.42 Å². The lowest BCUT2D eigenvalue weighted by atomic mass is 10.2. The van der Waals surface area contributed by atoms with E-state index in [1.807, 2.05) is 18.2 Å². The summed E-state index contributed by atoms with van der Waals surface area (Å²) in [6.45, 7) is 2.58. The smallest absolute Gasteiger partial charge is 0.148 e. The van der Waals surface area contributed by atoms with Gasteiger partial charge in [0.25, 0.3) is 0 Å². The Kier molecular flexibility index (Phi) is 3.14. The molecule has 0 spiro atoms. The van der Waals surface area contributed by atoms with Crippen LogP contribution in [0.1, 0.15) is 12.8 Å². The predicted molar refractivity (Wildman–Crippen MR) is 62.2 cm³/mol. The van der Waals surface area contributed by atoms with Crippen LogP contribution >= 0.6 is 0 Å². The number of rotatable bonds is 3. The number of para-hydroxylation sites is 2. The highest BCUT2D eigenvalue weighted by atomic mass is 16.5. The maximum atomic E-state index is 5.52. The highest BCUT2D eigenvalue weighted by Crippen LogP contribution is 2.30. The van der Waals surface area contributed by atoms with Crippen molar-refractivity contribution in [3.05, 3.63) is 24.3 Å². The Morgan fingerprint density at radius 1 is 1.27 bits per heavy atom. The van der Waals surface area contributed by atoms with Gasteiger partial charge in [0.15, 0.2) is 0 Å². The summed E-state index contributed by atoms with van der Waals surface area (Å²) in [5.41, 5.74) is 1.17. The van der Waals surface area contributed by atoms with Crippen molar-refractivity contribution >= 4 is 5.69 Å². The van der Waals surface area contributed by atoms with E-state index in [2.05, 4.69) is 16.9 Å². The van der Waals surface area contributed by atoms with Gasteiger partial charge in [-0.3, -0.25) is 0 Å². The van der Waals surface area contributed by atoms with Gasteiger partial charge >= 0.3 is 0 Å². The van der Waals surface area contributed by atoms with Crippen molar-refractivity contribution in [1.29, 1.82) is 0 Å². The zero-order valence-corrected chi connectivity index (χ0v) is 8.78. The van der Waals surface area contributed by atoms with Crippen molar-refractivity contribution in [2.45, 2.75) is 12.8 Å². The summed E-state index contributed by atoms with van der Waals surface area (Å²) >= 11 is 0. The molecule has 1 heterocycles. The molecule has 0 unspecified atom stereocenters. The van der Waals surface area contributed by atoms with Crippen LogP contribution in [-0.2, 0) is 0 Å². The van der Waals surface area contributed by atoms with E-state index in [0.29, 0.717) is 6.61 Å². The van der Waals surface area contributed by atoms with Gasteiger partial charge in [0, 0.05) is 13.1 Å². The number of terminal acetylenes is 1. The molecule has 15 heavy (non-hydrogen) atoms. The normalized spacial score (nSPS) is 15.0. The van der Waals surface area contributed by atoms with Crippen LogP contribution in [-0.4, -0.2) is 19.7 Å². The fraction of sp³-hybridized carbons (Fsp3) is 0.385. The van der Waals surface area contributed by atoms with Gasteiger partial charge in [-0.2, -0.15) is 0 Å². The Labute approximate surface area is 90.9 Å². The van der Waals surface area contributed by atoms with Gasteiger partial charge in [-0.1, -0.05) is 18.1 Å². The van der Waals surface area contributed by atoms with E-state index in [-0.39, 0.29) is 0 Å². The van der Waals surface area contributed by atoms with E-state index in [1.165, 1.54) is 18.5 Å². The van der Waals surface area contributed by atoms with Crippen molar-refractivity contribution in [2.24, 2.45) is 0 Å². The molecule has 0 bridgehead atoms. The van der Waals surface area contributed by atoms with Crippen molar-refractivity contribution in [3.63, 3.8) is 0 Å². The quantitative estimate of drug-likeness (QED) is 0.696.